The third-order valence-corrected chi connectivity index (χ3v) is 6.45. The van der Waals surface area contributed by atoms with Crippen LogP contribution in [0, 0.1) is 0 Å². The van der Waals surface area contributed by atoms with Crippen LogP contribution in [0.3, 0.4) is 0 Å². The molecule has 12 heteroatoms. The first kappa shape index (κ1) is 26.9. The zero-order valence-electron chi connectivity index (χ0n) is 23.1. The summed E-state index contributed by atoms with van der Waals surface area (Å²) < 4.78 is 17.4. The van der Waals surface area contributed by atoms with Gasteiger partial charge in [-0.15, -0.1) is 0 Å². The van der Waals surface area contributed by atoms with E-state index in [0.717, 1.165) is 17.1 Å². The lowest BCUT2D eigenvalue weighted by Crippen LogP contribution is -2.50. The van der Waals surface area contributed by atoms with E-state index in [4.69, 9.17) is 19.2 Å². The lowest BCUT2D eigenvalue weighted by atomic mass is 10.1. The summed E-state index contributed by atoms with van der Waals surface area (Å²) in [7, 11) is 2.83. The van der Waals surface area contributed by atoms with Crippen LogP contribution in [0.1, 0.15) is 31.1 Å². The van der Waals surface area contributed by atoms with Gasteiger partial charge in [-0.2, -0.15) is 0 Å². The Morgan fingerprint density at radius 2 is 1.55 bits per heavy atom. The number of esters is 1. The molecule has 0 atom stereocenters. The van der Waals surface area contributed by atoms with Gasteiger partial charge in [0.25, 0.3) is 0 Å². The van der Waals surface area contributed by atoms with Crippen molar-refractivity contribution in [2.75, 3.05) is 45.3 Å². The van der Waals surface area contributed by atoms with E-state index in [-0.39, 0.29) is 12.1 Å². The molecule has 1 amide bonds. The number of rotatable bonds is 5. The van der Waals surface area contributed by atoms with Crippen molar-refractivity contribution >= 4 is 23.5 Å². The summed E-state index contributed by atoms with van der Waals surface area (Å²) in [6.07, 6.45) is 8.31. The van der Waals surface area contributed by atoms with Gasteiger partial charge < -0.3 is 24.0 Å². The van der Waals surface area contributed by atoms with Crippen LogP contribution in [0.5, 0.6) is 6.01 Å². The van der Waals surface area contributed by atoms with Crippen LogP contribution >= 0.6 is 0 Å². The number of carbonyl (C=O) groups is 2. The molecule has 4 aromatic heterocycles. The predicted octanol–water partition coefficient (Wildman–Crippen LogP) is 3.71. The number of hydrogen-bond donors (Lipinski definition) is 0. The lowest BCUT2D eigenvalue weighted by Gasteiger charge is -2.36. The van der Waals surface area contributed by atoms with Crippen molar-refractivity contribution in [2.24, 2.45) is 0 Å². The molecule has 0 N–H and O–H groups in total. The highest BCUT2D eigenvalue weighted by Crippen LogP contribution is 2.29. The summed E-state index contributed by atoms with van der Waals surface area (Å²) >= 11 is 0. The molecule has 1 fully saturated rings. The van der Waals surface area contributed by atoms with Gasteiger partial charge in [0.05, 0.1) is 26.1 Å². The number of amides is 1. The monoisotopic (exact) mass is 545 g/mol. The molecule has 0 bridgehead atoms. The molecule has 0 aromatic carbocycles. The first-order chi connectivity index (χ1) is 19.2. The van der Waals surface area contributed by atoms with Gasteiger partial charge in [0.15, 0.2) is 5.65 Å². The molecule has 0 unspecified atom stereocenters. The van der Waals surface area contributed by atoms with Crippen LogP contribution in [0.2, 0.25) is 0 Å². The number of hydrogen-bond acceptors (Lipinski definition) is 10. The SMILES string of the molecule is COC(=O)c1cc(-c2cnc(OC)nc2)cn2c(-c3ccc(N4CCN(C(=O)OC(C)(C)C)CC4)nc3)cnc12. The molecule has 1 aliphatic heterocycles. The summed E-state index contributed by atoms with van der Waals surface area (Å²) in [5.74, 6) is 0.310. The molecular weight excluding hydrogens is 514 g/mol. The van der Waals surface area contributed by atoms with Gasteiger partial charge in [-0.1, -0.05) is 0 Å². The molecule has 0 spiro atoms. The van der Waals surface area contributed by atoms with E-state index >= 15 is 0 Å². The number of anilines is 1. The van der Waals surface area contributed by atoms with Crippen molar-refractivity contribution < 1.29 is 23.8 Å². The molecule has 1 aliphatic rings. The minimum absolute atomic E-state index is 0.249. The molecule has 12 nitrogen and oxygen atoms in total. The fourth-order valence-corrected chi connectivity index (χ4v) is 4.46. The zero-order valence-corrected chi connectivity index (χ0v) is 23.1. The van der Waals surface area contributed by atoms with E-state index in [0.29, 0.717) is 48.5 Å². The molecule has 208 valence electrons. The Bertz CT molecular complexity index is 1520. The number of imidazole rings is 1. The van der Waals surface area contributed by atoms with Crippen LogP contribution in [0.15, 0.2) is 49.2 Å². The predicted molar refractivity (Wildman–Crippen MR) is 147 cm³/mol. The third kappa shape index (κ3) is 5.51. The number of methoxy groups -OCH3 is 2. The summed E-state index contributed by atoms with van der Waals surface area (Å²) in [5, 5.41) is 0. The Kier molecular flexibility index (Phi) is 7.24. The minimum Gasteiger partial charge on any atom is -0.467 e. The Morgan fingerprint density at radius 3 is 2.15 bits per heavy atom. The first-order valence-electron chi connectivity index (χ1n) is 12.8. The largest absolute Gasteiger partial charge is 0.467 e. The van der Waals surface area contributed by atoms with E-state index in [1.54, 1.807) is 35.8 Å². The number of pyridine rings is 2. The number of ether oxygens (including phenoxy) is 3. The molecule has 0 radical (unpaired) electrons. The summed E-state index contributed by atoms with van der Waals surface area (Å²) in [4.78, 5) is 46.4. The van der Waals surface area contributed by atoms with Gasteiger partial charge in [0, 0.05) is 67.7 Å². The fraction of sp³-hybridized carbons (Fsp3) is 0.357. The Labute approximate surface area is 231 Å². The molecule has 1 saturated heterocycles. The van der Waals surface area contributed by atoms with Crippen LogP contribution in [-0.2, 0) is 9.47 Å². The second-order valence-corrected chi connectivity index (χ2v) is 10.3. The van der Waals surface area contributed by atoms with E-state index in [9.17, 15) is 9.59 Å². The average molecular weight is 546 g/mol. The normalized spacial score (nSPS) is 13.8. The highest BCUT2D eigenvalue weighted by Gasteiger charge is 2.26. The molecular formula is C28H31N7O5. The maximum atomic E-state index is 12.6. The van der Waals surface area contributed by atoms with Crippen molar-refractivity contribution in [3.63, 3.8) is 0 Å². The van der Waals surface area contributed by atoms with E-state index < -0.39 is 11.6 Å². The van der Waals surface area contributed by atoms with Crippen molar-refractivity contribution in [2.45, 2.75) is 26.4 Å². The minimum atomic E-state index is -0.524. The standard InChI is InChI=1S/C28H31N7O5/c1-28(2,3)40-27(37)34-10-8-33(9-11-34)23-7-6-18(13-29-23)22-16-30-24-21(25(36)38-4)12-19(17-35(22)24)20-14-31-26(39-5)32-15-20/h6-7,12-17H,8-11H2,1-5H3. The second kappa shape index (κ2) is 10.8. The van der Waals surface area contributed by atoms with Gasteiger partial charge in [0.2, 0.25) is 0 Å². The van der Waals surface area contributed by atoms with Gasteiger partial charge in [-0.05, 0) is 39.0 Å². The van der Waals surface area contributed by atoms with Gasteiger partial charge in [-0.25, -0.2) is 29.5 Å². The van der Waals surface area contributed by atoms with E-state index in [2.05, 4.69) is 19.9 Å². The quantitative estimate of drug-likeness (QED) is 0.343. The Morgan fingerprint density at radius 1 is 0.850 bits per heavy atom. The van der Waals surface area contributed by atoms with Gasteiger partial charge in [-0.3, -0.25) is 4.40 Å². The van der Waals surface area contributed by atoms with E-state index in [1.807, 2.05) is 43.5 Å². The first-order valence-corrected chi connectivity index (χ1v) is 12.8. The van der Waals surface area contributed by atoms with Gasteiger partial charge >= 0.3 is 18.1 Å². The fourth-order valence-electron chi connectivity index (χ4n) is 4.46. The van der Waals surface area contributed by atoms with Gasteiger partial charge in [0.1, 0.15) is 17.0 Å². The molecule has 0 saturated carbocycles. The maximum Gasteiger partial charge on any atom is 0.410 e. The Balaban J connectivity index is 1.40. The lowest BCUT2D eigenvalue weighted by molar-refractivity contribution is 0.0240. The highest BCUT2D eigenvalue weighted by molar-refractivity contribution is 5.97. The average Bonchev–Trinajstić information content (AvgIpc) is 3.39. The number of nitrogens with zero attached hydrogens (tertiary/aromatic N) is 7. The van der Waals surface area contributed by atoms with Crippen molar-refractivity contribution in [3.8, 4) is 28.4 Å². The van der Waals surface area contributed by atoms with Crippen molar-refractivity contribution in [1.82, 2.24) is 29.2 Å². The second-order valence-electron chi connectivity index (χ2n) is 10.3. The number of aromatic nitrogens is 5. The van der Waals surface area contributed by atoms with Crippen molar-refractivity contribution in [1.29, 1.82) is 0 Å². The maximum absolute atomic E-state index is 12.6. The molecule has 5 heterocycles. The summed E-state index contributed by atoms with van der Waals surface area (Å²) in [6.45, 7) is 8.00. The molecule has 40 heavy (non-hydrogen) atoms. The number of carbonyl (C=O) groups excluding carboxylic acids is 2. The van der Waals surface area contributed by atoms with Crippen LogP contribution < -0.4 is 9.64 Å². The number of piperazine rings is 1. The zero-order chi connectivity index (χ0) is 28.4. The van der Waals surface area contributed by atoms with Crippen LogP contribution in [-0.4, -0.2) is 87.3 Å². The topological polar surface area (TPSA) is 124 Å². The third-order valence-electron chi connectivity index (χ3n) is 6.45. The summed E-state index contributed by atoms with van der Waals surface area (Å²) in [6, 6.07) is 5.87. The van der Waals surface area contributed by atoms with E-state index in [1.165, 1.54) is 14.2 Å². The summed E-state index contributed by atoms with van der Waals surface area (Å²) in [5.41, 5.74) is 3.24. The smallest absolute Gasteiger partial charge is 0.410 e. The van der Waals surface area contributed by atoms with Crippen molar-refractivity contribution in [3.05, 3.63) is 54.7 Å². The molecule has 0 aliphatic carbocycles. The number of fused-ring (bicyclic) bond motifs is 1. The van der Waals surface area contributed by atoms with Crippen LogP contribution in [0.4, 0.5) is 10.6 Å². The Hall–Kier alpha value is -4.74. The molecule has 5 rings (SSSR count). The van der Waals surface area contributed by atoms with Crippen LogP contribution in [0.25, 0.3) is 28.0 Å². The molecule has 4 aromatic rings. The highest BCUT2D eigenvalue weighted by atomic mass is 16.6.